The molecule has 24 heavy (non-hydrogen) atoms. The van der Waals surface area contributed by atoms with Gasteiger partial charge in [0.2, 0.25) is 5.91 Å². The standard InChI is InChI=1S/C15H17N3O4S2/c1-3-22-15(21)18-5-4-10-11(6-16)14(24-12(10)7-18)17-13(20)8-23-9(2)19/h3-5,7-8H2,1-2H3,(H,17,20). The summed E-state index contributed by atoms with van der Waals surface area (Å²) >= 11 is 2.21. The first-order valence-corrected chi connectivity index (χ1v) is 9.16. The zero-order valence-corrected chi connectivity index (χ0v) is 15.0. The number of thiophene rings is 1. The van der Waals surface area contributed by atoms with Crippen LogP contribution < -0.4 is 5.32 Å². The van der Waals surface area contributed by atoms with Gasteiger partial charge >= 0.3 is 6.09 Å². The monoisotopic (exact) mass is 367 g/mol. The molecular weight excluding hydrogens is 350 g/mol. The van der Waals surface area contributed by atoms with Gasteiger partial charge in [0.25, 0.3) is 0 Å². The highest BCUT2D eigenvalue weighted by atomic mass is 32.2. The number of rotatable bonds is 4. The Morgan fingerprint density at radius 3 is 2.83 bits per heavy atom. The predicted molar refractivity (Wildman–Crippen MR) is 91.9 cm³/mol. The first-order chi connectivity index (χ1) is 11.5. The number of hydrogen-bond acceptors (Lipinski definition) is 7. The van der Waals surface area contributed by atoms with Gasteiger partial charge in [-0.3, -0.25) is 9.59 Å². The van der Waals surface area contributed by atoms with E-state index in [4.69, 9.17) is 4.74 Å². The van der Waals surface area contributed by atoms with E-state index in [9.17, 15) is 19.6 Å². The molecule has 0 aliphatic carbocycles. The van der Waals surface area contributed by atoms with Crippen molar-refractivity contribution < 1.29 is 19.1 Å². The second-order valence-corrected chi connectivity index (χ2v) is 7.28. The van der Waals surface area contributed by atoms with Gasteiger partial charge in [-0.25, -0.2) is 4.79 Å². The molecule has 0 fully saturated rings. The summed E-state index contributed by atoms with van der Waals surface area (Å²) in [4.78, 5) is 37.1. The Morgan fingerprint density at radius 1 is 1.46 bits per heavy atom. The van der Waals surface area contributed by atoms with Crippen LogP contribution in [-0.4, -0.2) is 40.9 Å². The lowest BCUT2D eigenvalue weighted by Gasteiger charge is -2.25. The summed E-state index contributed by atoms with van der Waals surface area (Å²) < 4.78 is 5.00. The number of nitrogens with zero attached hydrogens (tertiary/aromatic N) is 2. The highest BCUT2D eigenvalue weighted by Gasteiger charge is 2.28. The zero-order valence-electron chi connectivity index (χ0n) is 13.4. The number of amides is 2. The molecule has 9 heteroatoms. The first kappa shape index (κ1) is 18.3. The van der Waals surface area contributed by atoms with E-state index >= 15 is 0 Å². The maximum atomic E-state index is 11.9. The van der Waals surface area contributed by atoms with Gasteiger partial charge in [-0.1, -0.05) is 11.8 Å². The van der Waals surface area contributed by atoms with Crippen molar-refractivity contribution in [1.29, 1.82) is 5.26 Å². The summed E-state index contributed by atoms with van der Waals surface area (Å²) in [5, 5.41) is 12.4. The van der Waals surface area contributed by atoms with Crippen LogP contribution in [0.1, 0.15) is 29.9 Å². The van der Waals surface area contributed by atoms with Gasteiger partial charge in [0.05, 0.1) is 24.5 Å². The van der Waals surface area contributed by atoms with Crippen molar-refractivity contribution in [3.63, 3.8) is 0 Å². The summed E-state index contributed by atoms with van der Waals surface area (Å²) in [6.45, 7) is 4.30. The number of nitrogens with one attached hydrogen (secondary N) is 1. The summed E-state index contributed by atoms with van der Waals surface area (Å²) in [5.41, 5.74) is 1.32. The minimum absolute atomic E-state index is 0.0116. The second-order valence-electron chi connectivity index (χ2n) is 5.02. The van der Waals surface area contributed by atoms with E-state index in [-0.39, 0.29) is 22.9 Å². The largest absolute Gasteiger partial charge is 0.450 e. The molecule has 0 saturated heterocycles. The molecule has 1 aromatic rings. The molecule has 1 aromatic heterocycles. The Bertz CT molecular complexity index is 708. The number of nitriles is 1. The van der Waals surface area contributed by atoms with Crippen LogP contribution >= 0.6 is 23.1 Å². The van der Waals surface area contributed by atoms with Gasteiger partial charge in [0, 0.05) is 18.3 Å². The van der Waals surface area contributed by atoms with Crippen molar-refractivity contribution in [3.8, 4) is 6.07 Å². The average molecular weight is 367 g/mol. The normalized spacial score (nSPS) is 13.0. The summed E-state index contributed by atoms with van der Waals surface area (Å²) in [6, 6.07) is 2.13. The molecule has 0 aromatic carbocycles. The fourth-order valence-corrected chi connectivity index (χ4v) is 3.95. The lowest BCUT2D eigenvalue weighted by molar-refractivity contribution is -0.114. The van der Waals surface area contributed by atoms with E-state index in [0.29, 0.717) is 36.7 Å². The Hall–Kier alpha value is -2.05. The predicted octanol–water partition coefficient (Wildman–Crippen LogP) is 2.35. The number of fused-ring (bicyclic) bond motifs is 1. The lowest BCUT2D eigenvalue weighted by Crippen LogP contribution is -2.35. The van der Waals surface area contributed by atoms with Crippen molar-refractivity contribution in [2.24, 2.45) is 0 Å². The van der Waals surface area contributed by atoms with Crippen LogP contribution in [0.25, 0.3) is 0 Å². The topological polar surface area (TPSA) is 99.5 Å². The molecule has 128 valence electrons. The van der Waals surface area contributed by atoms with Crippen molar-refractivity contribution in [3.05, 3.63) is 16.0 Å². The molecule has 2 amide bonds. The highest BCUT2D eigenvalue weighted by molar-refractivity contribution is 8.14. The Balaban J connectivity index is 2.13. The molecule has 0 radical (unpaired) electrons. The first-order valence-electron chi connectivity index (χ1n) is 7.35. The van der Waals surface area contributed by atoms with Gasteiger partial charge in [-0.2, -0.15) is 5.26 Å². The van der Waals surface area contributed by atoms with Gasteiger partial charge in [0.15, 0.2) is 5.12 Å². The van der Waals surface area contributed by atoms with E-state index < -0.39 is 0 Å². The molecule has 1 aliphatic heterocycles. The molecule has 2 rings (SSSR count). The fourth-order valence-electron chi connectivity index (χ4n) is 2.31. The van der Waals surface area contributed by atoms with Crippen molar-refractivity contribution in [1.82, 2.24) is 4.90 Å². The molecule has 0 spiro atoms. The minimum Gasteiger partial charge on any atom is -0.450 e. The maximum absolute atomic E-state index is 11.9. The lowest BCUT2D eigenvalue weighted by atomic mass is 10.0. The molecule has 1 N–H and O–H groups in total. The number of hydrogen-bond donors (Lipinski definition) is 1. The third kappa shape index (κ3) is 4.27. The fraction of sp³-hybridized carbons (Fsp3) is 0.467. The molecule has 0 unspecified atom stereocenters. The number of ether oxygens (including phenoxy) is 1. The van der Waals surface area contributed by atoms with Gasteiger partial charge in [-0.15, -0.1) is 11.3 Å². The molecule has 0 bridgehead atoms. The zero-order chi connectivity index (χ0) is 17.7. The van der Waals surface area contributed by atoms with Crippen molar-refractivity contribution in [2.75, 3.05) is 24.2 Å². The molecule has 2 heterocycles. The van der Waals surface area contributed by atoms with E-state index in [1.54, 1.807) is 11.8 Å². The average Bonchev–Trinajstić information content (AvgIpc) is 2.89. The quantitative estimate of drug-likeness (QED) is 0.877. The molecular formula is C15H17N3O4S2. The van der Waals surface area contributed by atoms with Crippen molar-refractivity contribution >= 4 is 45.2 Å². The third-order valence-electron chi connectivity index (χ3n) is 3.35. The van der Waals surface area contributed by atoms with Crippen LogP contribution in [0.2, 0.25) is 0 Å². The molecule has 7 nitrogen and oxygen atoms in total. The second kappa shape index (κ2) is 8.17. The smallest absolute Gasteiger partial charge is 0.410 e. The van der Waals surface area contributed by atoms with E-state index in [2.05, 4.69) is 11.4 Å². The van der Waals surface area contributed by atoms with E-state index in [0.717, 1.165) is 22.2 Å². The maximum Gasteiger partial charge on any atom is 0.410 e. The number of thioether (sulfide) groups is 1. The molecule has 0 saturated carbocycles. The van der Waals surface area contributed by atoms with Crippen LogP contribution in [0.5, 0.6) is 0 Å². The minimum atomic E-state index is -0.376. The van der Waals surface area contributed by atoms with Crippen LogP contribution in [0.15, 0.2) is 0 Å². The molecule has 0 atom stereocenters. The Morgan fingerprint density at radius 2 is 2.21 bits per heavy atom. The van der Waals surface area contributed by atoms with Crippen LogP contribution in [0.3, 0.4) is 0 Å². The number of anilines is 1. The summed E-state index contributed by atoms with van der Waals surface area (Å²) in [7, 11) is 0. The van der Waals surface area contributed by atoms with Gasteiger partial charge in [0.1, 0.15) is 11.1 Å². The Labute approximate surface area is 148 Å². The molecule has 1 aliphatic rings. The van der Waals surface area contributed by atoms with Crippen molar-refractivity contribution in [2.45, 2.75) is 26.8 Å². The van der Waals surface area contributed by atoms with Crippen LogP contribution in [0.4, 0.5) is 9.80 Å². The highest BCUT2D eigenvalue weighted by Crippen LogP contribution is 2.36. The third-order valence-corrected chi connectivity index (χ3v) is 5.30. The van der Waals surface area contributed by atoms with Gasteiger partial charge in [-0.05, 0) is 18.9 Å². The SMILES string of the molecule is CCOC(=O)N1CCc2c(sc(NC(=O)CSC(C)=O)c2C#N)C1. The summed E-state index contributed by atoms with van der Waals surface area (Å²) in [5.74, 6) is -0.315. The van der Waals surface area contributed by atoms with E-state index in [1.165, 1.54) is 18.3 Å². The number of carbonyl (C=O) groups is 3. The summed E-state index contributed by atoms with van der Waals surface area (Å²) in [6.07, 6.45) is 0.171. The van der Waals surface area contributed by atoms with Gasteiger partial charge < -0.3 is 15.0 Å². The Kier molecular flexibility index (Phi) is 6.23. The van der Waals surface area contributed by atoms with E-state index in [1.807, 2.05) is 0 Å². The van der Waals surface area contributed by atoms with Crippen LogP contribution in [0, 0.1) is 11.3 Å². The number of carbonyl (C=O) groups excluding carboxylic acids is 3. The van der Waals surface area contributed by atoms with Crippen LogP contribution in [-0.2, 0) is 27.3 Å².